The van der Waals surface area contributed by atoms with Gasteiger partial charge in [-0.2, -0.15) is 4.98 Å². The lowest BCUT2D eigenvalue weighted by Gasteiger charge is -2.20. The van der Waals surface area contributed by atoms with E-state index < -0.39 is 30.1 Å². The van der Waals surface area contributed by atoms with Crippen LogP contribution in [0.4, 0.5) is 4.79 Å². The number of carboxylic acid groups (broad SMARTS) is 1. The largest absolute Gasteiger partial charge is 0.496 e. The molecule has 3 aromatic rings. The van der Waals surface area contributed by atoms with Crippen LogP contribution >= 0.6 is 0 Å². The van der Waals surface area contributed by atoms with Crippen molar-refractivity contribution in [3.05, 3.63) is 60.2 Å². The van der Waals surface area contributed by atoms with E-state index in [0.717, 1.165) is 30.4 Å². The minimum Gasteiger partial charge on any atom is -0.496 e. The summed E-state index contributed by atoms with van der Waals surface area (Å²) in [6, 6.07) is 11.0. The Morgan fingerprint density at radius 3 is 2.59 bits per heavy atom. The molecule has 5 rings (SSSR count). The third-order valence-electron chi connectivity index (χ3n) is 8.22. The van der Waals surface area contributed by atoms with Crippen molar-refractivity contribution in [3.8, 4) is 23.0 Å². The number of methoxy groups -OCH3 is 1. The van der Waals surface area contributed by atoms with Crippen molar-refractivity contribution in [2.45, 2.75) is 63.6 Å². The molecule has 1 radical (unpaired) electrons. The van der Waals surface area contributed by atoms with Gasteiger partial charge in [0.15, 0.2) is 18.5 Å². The second kappa shape index (κ2) is 13.9. The van der Waals surface area contributed by atoms with Crippen molar-refractivity contribution in [1.29, 1.82) is 0 Å². The number of aromatic nitrogens is 2. The Hall–Kier alpha value is -4.51. The molecule has 2 aliphatic heterocycles. The Bertz CT molecular complexity index is 1540. The van der Waals surface area contributed by atoms with E-state index >= 15 is 0 Å². The van der Waals surface area contributed by atoms with Gasteiger partial charge in [0.05, 0.1) is 24.4 Å². The van der Waals surface area contributed by atoms with Crippen LogP contribution in [0.5, 0.6) is 11.6 Å². The summed E-state index contributed by atoms with van der Waals surface area (Å²) in [4.78, 5) is 51.9. The summed E-state index contributed by atoms with van der Waals surface area (Å²) in [5, 5.41) is 13.2. The third kappa shape index (κ3) is 6.83. The molecule has 11 heteroatoms. The molecular formula is C33H39N5O6+. The molecule has 2 aromatic carbocycles. The SMILES string of the molecule is COc1ccc2c(OC3CC4C(=O)NC(C(=O)O)CCC=CCCCCN(C)C(=O)[N+]4C3)nc(-c3ccccc3)nc2c1C. The molecule has 0 spiro atoms. The maximum Gasteiger partial charge on any atom is 0.467 e. The van der Waals surface area contributed by atoms with Gasteiger partial charge in [-0.15, -0.1) is 0 Å². The van der Waals surface area contributed by atoms with Gasteiger partial charge < -0.3 is 19.9 Å². The molecule has 3 amide bonds. The van der Waals surface area contributed by atoms with Gasteiger partial charge in [0.1, 0.15) is 11.8 Å². The Balaban J connectivity index is 1.48. The molecule has 3 unspecified atom stereocenters. The summed E-state index contributed by atoms with van der Waals surface area (Å²) in [6.45, 7) is 2.60. The van der Waals surface area contributed by atoms with Gasteiger partial charge in [-0.1, -0.05) is 47.4 Å². The first-order chi connectivity index (χ1) is 21.3. The second-order valence-corrected chi connectivity index (χ2v) is 11.3. The van der Waals surface area contributed by atoms with Gasteiger partial charge in [0.2, 0.25) is 11.9 Å². The average Bonchev–Trinajstić information content (AvgIpc) is 3.45. The van der Waals surface area contributed by atoms with Crippen LogP contribution in [0, 0.1) is 6.92 Å². The summed E-state index contributed by atoms with van der Waals surface area (Å²) in [5.74, 6) is -0.125. The molecule has 44 heavy (non-hydrogen) atoms. The lowest BCUT2D eigenvalue weighted by Crippen LogP contribution is -2.56. The van der Waals surface area contributed by atoms with E-state index in [0.29, 0.717) is 41.3 Å². The number of nitrogens with zero attached hydrogens (tertiary/aromatic N) is 4. The van der Waals surface area contributed by atoms with Crippen LogP contribution in [0.15, 0.2) is 54.6 Å². The molecule has 3 atom stereocenters. The number of hydrogen-bond donors (Lipinski definition) is 2. The van der Waals surface area contributed by atoms with Crippen LogP contribution in [-0.4, -0.2) is 83.3 Å². The maximum absolute atomic E-state index is 13.6. The molecule has 231 valence electrons. The van der Waals surface area contributed by atoms with Crippen molar-refractivity contribution in [3.63, 3.8) is 0 Å². The van der Waals surface area contributed by atoms with Gasteiger partial charge >= 0.3 is 12.0 Å². The molecule has 3 heterocycles. The van der Waals surface area contributed by atoms with E-state index in [-0.39, 0.29) is 25.4 Å². The first kappa shape index (κ1) is 30.9. The predicted molar refractivity (Wildman–Crippen MR) is 166 cm³/mol. The number of ether oxygens (including phenoxy) is 2. The zero-order chi connectivity index (χ0) is 31.2. The van der Waals surface area contributed by atoms with Gasteiger partial charge in [0.25, 0.3) is 5.91 Å². The molecule has 2 aliphatic rings. The van der Waals surface area contributed by atoms with E-state index in [4.69, 9.17) is 19.4 Å². The quantitative estimate of drug-likeness (QED) is 0.324. The second-order valence-electron chi connectivity index (χ2n) is 11.3. The van der Waals surface area contributed by atoms with Crippen LogP contribution in [0.1, 0.15) is 44.1 Å². The third-order valence-corrected chi connectivity index (χ3v) is 8.22. The summed E-state index contributed by atoms with van der Waals surface area (Å²) in [5.41, 5.74) is 2.32. The number of allylic oxidation sites excluding steroid dienone is 2. The molecule has 11 nitrogen and oxygen atoms in total. The molecule has 0 saturated carbocycles. The van der Waals surface area contributed by atoms with Crippen LogP contribution < -0.4 is 19.7 Å². The number of carboxylic acids is 1. The van der Waals surface area contributed by atoms with Gasteiger partial charge in [0, 0.05) is 24.7 Å². The van der Waals surface area contributed by atoms with Crippen molar-refractivity contribution in [2.75, 3.05) is 27.2 Å². The maximum atomic E-state index is 13.6. The summed E-state index contributed by atoms with van der Waals surface area (Å²) in [6.07, 6.45) is 6.94. The van der Waals surface area contributed by atoms with Crippen LogP contribution in [0.3, 0.4) is 0 Å². The molecule has 1 aromatic heterocycles. The number of fused-ring (bicyclic) bond motifs is 2. The van der Waals surface area contributed by atoms with E-state index in [1.807, 2.05) is 61.5 Å². The highest BCUT2D eigenvalue weighted by molar-refractivity contribution is 5.92. The smallest absolute Gasteiger partial charge is 0.467 e. The van der Waals surface area contributed by atoms with Crippen LogP contribution in [-0.2, 0) is 9.59 Å². The zero-order valence-corrected chi connectivity index (χ0v) is 25.4. The van der Waals surface area contributed by atoms with Gasteiger partial charge in [-0.25, -0.2) is 14.6 Å². The van der Waals surface area contributed by atoms with Crippen molar-refractivity contribution in [2.24, 2.45) is 0 Å². The highest BCUT2D eigenvalue weighted by Crippen LogP contribution is 2.34. The number of urea groups is 1. The number of rotatable bonds is 5. The molecule has 1 saturated heterocycles. The normalized spacial score (nSPS) is 22.2. The van der Waals surface area contributed by atoms with E-state index in [2.05, 4.69) is 5.32 Å². The van der Waals surface area contributed by atoms with E-state index in [9.17, 15) is 19.5 Å². The minimum atomic E-state index is -1.11. The first-order valence-corrected chi connectivity index (χ1v) is 15.0. The monoisotopic (exact) mass is 601 g/mol. The van der Waals surface area contributed by atoms with Crippen molar-refractivity contribution in [1.82, 2.24) is 25.1 Å². The highest BCUT2D eigenvalue weighted by Gasteiger charge is 2.52. The molecule has 2 N–H and O–H groups in total. The fourth-order valence-electron chi connectivity index (χ4n) is 5.76. The number of benzene rings is 2. The Kier molecular flexibility index (Phi) is 9.74. The lowest BCUT2D eigenvalue weighted by molar-refractivity contribution is -0.142. The zero-order valence-electron chi connectivity index (χ0n) is 25.4. The molecular weight excluding hydrogens is 562 g/mol. The molecule has 0 bridgehead atoms. The number of carbonyl (C=O) groups is 3. The fourth-order valence-corrected chi connectivity index (χ4v) is 5.76. The Morgan fingerprint density at radius 2 is 1.84 bits per heavy atom. The topological polar surface area (TPSA) is 137 Å². The number of amides is 3. The van der Waals surface area contributed by atoms with E-state index in [1.54, 1.807) is 19.1 Å². The summed E-state index contributed by atoms with van der Waals surface area (Å²) < 4.78 is 12.1. The fraction of sp³-hybridized carbons (Fsp3) is 0.424. The molecule has 1 fully saturated rings. The van der Waals surface area contributed by atoms with E-state index in [1.165, 1.54) is 4.90 Å². The standard InChI is InChI=1S/C33H39N5O6/c1-21-27(43-3)17-16-24-28(21)35-29(22-13-9-8-10-14-22)36-31(24)44-23-19-26-30(39)34-25(32(40)41)15-11-6-4-5-7-12-18-37(2)33(42)38(26)20-23/h4,6,8-10,13-14,16-17,23,25-26H,5,7,11-12,15,18-20H2,1-3H3,(H,34,39)(H,40,41)/q+1. The van der Waals surface area contributed by atoms with Crippen molar-refractivity contribution >= 4 is 28.8 Å². The van der Waals surface area contributed by atoms with Crippen LogP contribution in [0.25, 0.3) is 22.3 Å². The Labute approximate surface area is 256 Å². The lowest BCUT2D eigenvalue weighted by atomic mass is 10.1. The predicted octanol–water partition coefficient (Wildman–Crippen LogP) is 4.42. The number of hydrogen-bond acceptors (Lipinski definition) is 7. The minimum absolute atomic E-state index is 0.141. The van der Waals surface area contributed by atoms with Gasteiger partial charge in [-0.3, -0.25) is 9.69 Å². The van der Waals surface area contributed by atoms with Gasteiger partial charge in [-0.05, 0) is 51.2 Å². The summed E-state index contributed by atoms with van der Waals surface area (Å²) in [7, 11) is 3.33. The highest BCUT2D eigenvalue weighted by atomic mass is 16.5. The number of nitrogens with one attached hydrogen (secondary N) is 1. The Morgan fingerprint density at radius 1 is 1.07 bits per heavy atom. The van der Waals surface area contributed by atoms with Crippen LogP contribution in [0.2, 0.25) is 0 Å². The number of carbonyl (C=O) groups excluding carboxylic acids is 2. The summed E-state index contributed by atoms with van der Waals surface area (Å²) >= 11 is 0. The van der Waals surface area contributed by atoms with Crippen molar-refractivity contribution < 1.29 is 29.0 Å². The average molecular weight is 602 g/mol. The number of aryl methyl sites for hydroxylation is 1. The number of aliphatic carboxylic acids is 1. The first-order valence-electron chi connectivity index (χ1n) is 15.0. The molecule has 0 aliphatic carbocycles.